The van der Waals surface area contributed by atoms with E-state index in [2.05, 4.69) is 0 Å². The number of sulfone groups is 1. The van der Waals surface area contributed by atoms with Crippen molar-refractivity contribution in [3.05, 3.63) is 0 Å². The molecule has 14 heavy (non-hydrogen) atoms. The minimum Gasteiger partial charge on any atom is -0.459 e. The minimum absolute atomic E-state index is 0.668. The lowest BCUT2D eigenvalue weighted by molar-refractivity contribution is -0.157. The molecule has 0 fully saturated rings. The topological polar surface area (TPSA) is 60.4 Å². The summed E-state index contributed by atoms with van der Waals surface area (Å²) in [6.07, 6.45) is 1.02. The summed E-state index contributed by atoms with van der Waals surface area (Å²) in [5.74, 6) is -0.715. The van der Waals surface area contributed by atoms with E-state index in [1.807, 2.05) is 0 Å². The van der Waals surface area contributed by atoms with Crippen LogP contribution in [0.5, 0.6) is 0 Å². The number of carbonyl (C=O) groups excluding carboxylic acids is 1. The first-order valence-corrected chi connectivity index (χ1v) is 6.20. The monoisotopic (exact) mass is 222 g/mol. The SMILES string of the molecule is CC(C)(C)OC(=O)C(C)(C)S(C)(=O)=O. The van der Waals surface area contributed by atoms with Crippen molar-refractivity contribution in [3.63, 3.8) is 0 Å². The first kappa shape index (κ1) is 13.4. The molecule has 5 heteroatoms. The van der Waals surface area contributed by atoms with Crippen LogP contribution in [0, 0.1) is 0 Å². The Hall–Kier alpha value is -0.580. The zero-order valence-electron chi connectivity index (χ0n) is 9.54. The van der Waals surface area contributed by atoms with Gasteiger partial charge in [-0.15, -0.1) is 0 Å². The van der Waals surface area contributed by atoms with Crippen LogP contribution in [0.4, 0.5) is 0 Å². The van der Waals surface area contributed by atoms with Gasteiger partial charge in [-0.05, 0) is 34.6 Å². The number of carbonyl (C=O) groups is 1. The molecule has 84 valence electrons. The van der Waals surface area contributed by atoms with E-state index in [1.165, 1.54) is 13.8 Å². The van der Waals surface area contributed by atoms with Crippen LogP contribution in [0.2, 0.25) is 0 Å². The molecule has 4 nitrogen and oxygen atoms in total. The Morgan fingerprint density at radius 1 is 1.07 bits per heavy atom. The zero-order valence-corrected chi connectivity index (χ0v) is 10.4. The van der Waals surface area contributed by atoms with Crippen molar-refractivity contribution in [1.82, 2.24) is 0 Å². The zero-order chi connectivity index (χ0) is 11.8. The van der Waals surface area contributed by atoms with Crippen molar-refractivity contribution in [2.45, 2.75) is 45.0 Å². The summed E-state index contributed by atoms with van der Waals surface area (Å²) < 4.78 is 26.1. The molecule has 0 saturated carbocycles. The van der Waals surface area contributed by atoms with E-state index in [9.17, 15) is 13.2 Å². The molecule has 0 N–H and O–H groups in total. The highest BCUT2D eigenvalue weighted by atomic mass is 32.2. The number of rotatable bonds is 2. The summed E-state index contributed by atoms with van der Waals surface area (Å²) in [5.41, 5.74) is -0.668. The molecule has 0 heterocycles. The van der Waals surface area contributed by atoms with Gasteiger partial charge in [-0.1, -0.05) is 0 Å². The molecule has 0 amide bonds. The van der Waals surface area contributed by atoms with Gasteiger partial charge in [-0.3, -0.25) is 4.79 Å². The lowest BCUT2D eigenvalue weighted by Gasteiger charge is -2.26. The quantitative estimate of drug-likeness (QED) is 0.658. The van der Waals surface area contributed by atoms with Crippen molar-refractivity contribution in [2.24, 2.45) is 0 Å². The van der Waals surface area contributed by atoms with E-state index in [0.29, 0.717) is 0 Å². The highest BCUT2D eigenvalue weighted by molar-refractivity contribution is 7.92. The number of hydrogen-bond donors (Lipinski definition) is 0. The van der Waals surface area contributed by atoms with Gasteiger partial charge in [-0.2, -0.15) is 0 Å². The third-order valence-electron chi connectivity index (χ3n) is 1.82. The molecule has 0 aromatic heterocycles. The first-order valence-electron chi connectivity index (χ1n) is 4.31. The van der Waals surface area contributed by atoms with E-state index >= 15 is 0 Å². The van der Waals surface area contributed by atoms with Crippen molar-refractivity contribution >= 4 is 15.8 Å². The van der Waals surface area contributed by atoms with E-state index in [1.54, 1.807) is 20.8 Å². The Balaban J connectivity index is 4.89. The summed E-state index contributed by atoms with van der Waals surface area (Å²) in [6.45, 7) is 7.78. The van der Waals surface area contributed by atoms with Gasteiger partial charge in [0.05, 0.1) is 0 Å². The summed E-state index contributed by atoms with van der Waals surface area (Å²) in [6, 6.07) is 0. The molecule has 0 radical (unpaired) electrons. The van der Waals surface area contributed by atoms with Gasteiger partial charge in [0.15, 0.2) is 14.6 Å². The fourth-order valence-corrected chi connectivity index (χ4v) is 0.897. The van der Waals surface area contributed by atoms with Gasteiger partial charge >= 0.3 is 5.97 Å². The Kier molecular flexibility index (Phi) is 3.38. The van der Waals surface area contributed by atoms with Crippen molar-refractivity contribution in [1.29, 1.82) is 0 Å². The third kappa shape index (κ3) is 3.29. The highest BCUT2D eigenvalue weighted by Gasteiger charge is 2.41. The largest absolute Gasteiger partial charge is 0.459 e. The normalized spacial score (nSPS) is 13.9. The van der Waals surface area contributed by atoms with Crippen LogP contribution in [0.1, 0.15) is 34.6 Å². The van der Waals surface area contributed by atoms with Gasteiger partial charge in [0.1, 0.15) is 5.60 Å². The molecular formula is C9H18O4S. The minimum atomic E-state index is -3.45. The first-order chi connectivity index (χ1) is 5.88. The third-order valence-corrected chi connectivity index (χ3v) is 3.84. The van der Waals surface area contributed by atoms with Crippen LogP contribution in [0.15, 0.2) is 0 Å². The second kappa shape index (κ2) is 3.53. The molecule has 0 aromatic carbocycles. The molecule has 0 saturated heterocycles. The fraction of sp³-hybridized carbons (Fsp3) is 0.889. The van der Waals surface area contributed by atoms with Crippen LogP contribution in [0.25, 0.3) is 0 Å². The second-order valence-electron chi connectivity index (χ2n) is 4.78. The molecule has 0 bridgehead atoms. The molecule has 0 aliphatic carbocycles. The Morgan fingerprint density at radius 2 is 1.43 bits per heavy atom. The standard InChI is InChI=1S/C9H18O4S/c1-8(2,3)13-7(10)9(4,5)14(6,11)12/h1-6H3. The van der Waals surface area contributed by atoms with Crippen molar-refractivity contribution in [2.75, 3.05) is 6.26 Å². The summed E-state index contributed by atoms with van der Waals surface area (Å²) >= 11 is 0. The Bertz CT molecular complexity index is 319. The van der Waals surface area contributed by atoms with Crippen molar-refractivity contribution in [3.8, 4) is 0 Å². The molecule has 0 unspecified atom stereocenters. The second-order valence-corrected chi connectivity index (χ2v) is 7.35. The van der Waals surface area contributed by atoms with Gasteiger partial charge in [0.2, 0.25) is 0 Å². The maximum atomic E-state index is 11.5. The van der Waals surface area contributed by atoms with E-state index in [-0.39, 0.29) is 0 Å². The lowest BCUT2D eigenvalue weighted by atomic mass is 10.1. The highest BCUT2D eigenvalue weighted by Crippen LogP contribution is 2.20. The smallest absolute Gasteiger partial charge is 0.327 e. The molecule has 0 rings (SSSR count). The van der Waals surface area contributed by atoms with Crippen LogP contribution < -0.4 is 0 Å². The summed E-state index contributed by atoms with van der Waals surface area (Å²) in [5, 5.41) is 0. The van der Waals surface area contributed by atoms with Crippen LogP contribution in [-0.4, -0.2) is 31.0 Å². The van der Waals surface area contributed by atoms with E-state index in [4.69, 9.17) is 4.74 Å². The van der Waals surface area contributed by atoms with E-state index in [0.717, 1.165) is 6.26 Å². The average Bonchev–Trinajstić information content (AvgIpc) is 1.80. The van der Waals surface area contributed by atoms with Crippen LogP contribution in [-0.2, 0) is 19.4 Å². The van der Waals surface area contributed by atoms with E-state index < -0.39 is 26.2 Å². The van der Waals surface area contributed by atoms with Gasteiger partial charge in [0, 0.05) is 6.26 Å². The molecule has 0 aliphatic rings. The predicted octanol–water partition coefficient (Wildman–Crippen LogP) is 1.15. The predicted molar refractivity (Wildman–Crippen MR) is 54.8 cm³/mol. The maximum absolute atomic E-state index is 11.5. The molecule has 0 aliphatic heterocycles. The Labute approximate surface area is 85.6 Å². The number of esters is 1. The van der Waals surface area contributed by atoms with Gasteiger partial charge < -0.3 is 4.74 Å². The maximum Gasteiger partial charge on any atom is 0.327 e. The van der Waals surface area contributed by atoms with Crippen molar-refractivity contribution < 1.29 is 17.9 Å². The molecule has 0 aromatic rings. The average molecular weight is 222 g/mol. The summed E-state index contributed by atoms with van der Waals surface area (Å²) in [7, 11) is -3.45. The van der Waals surface area contributed by atoms with Crippen LogP contribution >= 0.6 is 0 Å². The lowest BCUT2D eigenvalue weighted by Crippen LogP contribution is -2.44. The van der Waals surface area contributed by atoms with Gasteiger partial charge in [-0.25, -0.2) is 8.42 Å². The molecule has 0 atom stereocenters. The Morgan fingerprint density at radius 3 is 1.64 bits per heavy atom. The number of ether oxygens (including phenoxy) is 1. The van der Waals surface area contributed by atoms with Crippen LogP contribution in [0.3, 0.4) is 0 Å². The number of hydrogen-bond acceptors (Lipinski definition) is 4. The molecular weight excluding hydrogens is 204 g/mol. The summed E-state index contributed by atoms with van der Waals surface area (Å²) in [4.78, 5) is 11.5. The fourth-order valence-electron chi connectivity index (χ4n) is 0.552. The molecule has 0 spiro atoms. The van der Waals surface area contributed by atoms with Gasteiger partial charge in [0.25, 0.3) is 0 Å².